The number of nitrogens with zero attached hydrogens (tertiary/aromatic N) is 4. The van der Waals surface area contributed by atoms with Crippen molar-refractivity contribution in [1.29, 1.82) is 0 Å². The van der Waals surface area contributed by atoms with Crippen molar-refractivity contribution in [3.63, 3.8) is 0 Å². The first-order valence-electron chi connectivity index (χ1n) is 6.82. The van der Waals surface area contributed by atoms with Crippen molar-refractivity contribution in [2.45, 2.75) is 32.7 Å². The van der Waals surface area contributed by atoms with E-state index in [1.165, 1.54) is 0 Å². The van der Waals surface area contributed by atoms with E-state index in [-0.39, 0.29) is 5.92 Å². The molecule has 2 rings (SSSR count). The molecule has 6 heteroatoms. The van der Waals surface area contributed by atoms with E-state index in [0.717, 1.165) is 31.3 Å². The second-order valence-corrected chi connectivity index (χ2v) is 5.54. The monoisotopic (exact) mass is 264 g/mol. The molecule has 1 unspecified atom stereocenters. The highest BCUT2D eigenvalue weighted by Gasteiger charge is 2.22. The highest BCUT2D eigenvalue weighted by Crippen LogP contribution is 2.21. The number of hydrogen-bond acceptors (Lipinski definition) is 6. The molecule has 0 aliphatic carbocycles. The summed E-state index contributed by atoms with van der Waals surface area (Å²) >= 11 is 0. The zero-order chi connectivity index (χ0) is 14.0. The molecule has 2 heterocycles. The van der Waals surface area contributed by atoms with E-state index in [1.807, 2.05) is 6.07 Å². The topological polar surface area (TPSA) is 70.3 Å². The van der Waals surface area contributed by atoms with E-state index >= 15 is 0 Å². The largest absolute Gasteiger partial charge is 0.354 e. The van der Waals surface area contributed by atoms with Gasteiger partial charge in [0.05, 0.1) is 0 Å². The molecule has 3 N–H and O–H groups in total. The van der Waals surface area contributed by atoms with Gasteiger partial charge in [0.15, 0.2) is 0 Å². The Labute approximate surface area is 115 Å². The first-order valence-corrected chi connectivity index (χ1v) is 6.82. The Hall–Kier alpha value is -1.40. The minimum atomic E-state index is 0.289. The Kier molecular flexibility index (Phi) is 4.21. The molecule has 1 aliphatic rings. The number of likely N-dealkylation sites (N-methyl/N-ethyl adjacent to an activating group) is 1. The predicted octanol–water partition coefficient (Wildman–Crippen LogP) is 1.03. The van der Waals surface area contributed by atoms with Crippen LogP contribution in [0.3, 0.4) is 0 Å². The summed E-state index contributed by atoms with van der Waals surface area (Å²) in [6.45, 7) is 9.43. The molecule has 1 aromatic rings. The van der Waals surface area contributed by atoms with Gasteiger partial charge < -0.3 is 15.2 Å². The number of hydrazine groups is 1. The van der Waals surface area contributed by atoms with Crippen LogP contribution in [0.1, 0.15) is 32.5 Å². The molecule has 0 amide bonds. The van der Waals surface area contributed by atoms with E-state index in [1.54, 1.807) is 0 Å². The third-order valence-corrected chi connectivity index (χ3v) is 3.68. The van der Waals surface area contributed by atoms with Crippen LogP contribution in [0.15, 0.2) is 6.07 Å². The first kappa shape index (κ1) is 14.0. The van der Waals surface area contributed by atoms with Gasteiger partial charge in [-0.05, 0) is 14.0 Å². The van der Waals surface area contributed by atoms with Gasteiger partial charge in [0.2, 0.25) is 0 Å². The fourth-order valence-corrected chi connectivity index (χ4v) is 2.20. The van der Waals surface area contributed by atoms with Gasteiger partial charge >= 0.3 is 0 Å². The minimum absolute atomic E-state index is 0.289. The standard InChI is InChI=1S/C13H24N6/c1-9(2)13-15-11(17-14)7-12(16-13)19-6-5-18(4)10(3)8-19/h7,9-10H,5-6,8,14H2,1-4H3,(H,15,16,17). The molecule has 0 spiro atoms. The van der Waals surface area contributed by atoms with Gasteiger partial charge in [-0.3, -0.25) is 0 Å². The molecule has 6 nitrogen and oxygen atoms in total. The number of piperazine rings is 1. The SMILES string of the molecule is CC(C)c1nc(NN)cc(N2CCN(C)C(C)C2)n1. The van der Waals surface area contributed by atoms with Gasteiger partial charge in [-0.25, -0.2) is 15.8 Å². The van der Waals surface area contributed by atoms with Gasteiger partial charge in [-0.2, -0.15) is 0 Å². The van der Waals surface area contributed by atoms with E-state index < -0.39 is 0 Å². The van der Waals surface area contributed by atoms with Crippen molar-refractivity contribution < 1.29 is 0 Å². The van der Waals surface area contributed by atoms with Gasteiger partial charge in [0.1, 0.15) is 17.5 Å². The molecule has 1 saturated heterocycles. The van der Waals surface area contributed by atoms with Gasteiger partial charge in [-0.15, -0.1) is 0 Å². The summed E-state index contributed by atoms with van der Waals surface area (Å²) in [5, 5.41) is 0. The summed E-state index contributed by atoms with van der Waals surface area (Å²) in [4.78, 5) is 13.7. The smallest absolute Gasteiger partial charge is 0.145 e. The molecular formula is C13H24N6. The predicted molar refractivity (Wildman–Crippen MR) is 78.2 cm³/mol. The Balaban J connectivity index is 2.26. The molecule has 0 bridgehead atoms. The summed E-state index contributed by atoms with van der Waals surface area (Å²) in [5.74, 6) is 8.26. The number of anilines is 2. The molecule has 0 radical (unpaired) electrons. The average molecular weight is 264 g/mol. The fourth-order valence-electron chi connectivity index (χ4n) is 2.20. The molecule has 1 atom stereocenters. The van der Waals surface area contributed by atoms with Crippen molar-refractivity contribution >= 4 is 11.6 Å². The van der Waals surface area contributed by atoms with Crippen LogP contribution in [0.25, 0.3) is 0 Å². The summed E-state index contributed by atoms with van der Waals surface area (Å²) < 4.78 is 0. The zero-order valence-electron chi connectivity index (χ0n) is 12.2. The van der Waals surface area contributed by atoms with Crippen LogP contribution in [0.2, 0.25) is 0 Å². The third-order valence-electron chi connectivity index (χ3n) is 3.68. The Morgan fingerprint density at radius 3 is 2.68 bits per heavy atom. The lowest BCUT2D eigenvalue weighted by molar-refractivity contribution is 0.233. The lowest BCUT2D eigenvalue weighted by Gasteiger charge is -2.38. The number of nitrogens with two attached hydrogens (primary N) is 1. The first-order chi connectivity index (χ1) is 9.01. The van der Waals surface area contributed by atoms with Crippen molar-refractivity contribution in [2.24, 2.45) is 5.84 Å². The highest BCUT2D eigenvalue weighted by molar-refractivity contribution is 5.49. The molecule has 0 saturated carbocycles. The minimum Gasteiger partial charge on any atom is -0.354 e. The summed E-state index contributed by atoms with van der Waals surface area (Å²) in [6, 6.07) is 2.45. The van der Waals surface area contributed by atoms with Crippen LogP contribution in [0.5, 0.6) is 0 Å². The van der Waals surface area contributed by atoms with Crippen LogP contribution in [0, 0.1) is 0 Å². The molecule has 1 fully saturated rings. The number of nitrogens with one attached hydrogen (secondary N) is 1. The molecular weight excluding hydrogens is 240 g/mol. The van der Waals surface area contributed by atoms with Gasteiger partial charge in [0, 0.05) is 37.7 Å². The zero-order valence-corrected chi connectivity index (χ0v) is 12.2. The molecule has 19 heavy (non-hydrogen) atoms. The number of nitrogen functional groups attached to an aromatic ring is 1. The van der Waals surface area contributed by atoms with Crippen LogP contribution in [-0.2, 0) is 0 Å². The number of rotatable bonds is 3. The summed E-state index contributed by atoms with van der Waals surface area (Å²) in [5.41, 5.74) is 2.63. The number of aromatic nitrogens is 2. The molecule has 106 valence electrons. The molecule has 1 aliphatic heterocycles. The normalized spacial score (nSPS) is 20.9. The second-order valence-electron chi connectivity index (χ2n) is 5.54. The fraction of sp³-hybridized carbons (Fsp3) is 0.692. The molecule has 0 aromatic carbocycles. The lowest BCUT2D eigenvalue weighted by atomic mass is 10.2. The quantitative estimate of drug-likeness (QED) is 0.627. The van der Waals surface area contributed by atoms with E-state index in [4.69, 9.17) is 5.84 Å². The van der Waals surface area contributed by atoms with Crippen LogP contribution in [-0.4, -0.2) is 47.6 Å². The Morgan fingerprint density at radius 1 is 1.37 bits per heavy atom. The van der Waals surface area contributed by atoms with Crippen molar-refractivity contribution in [3.05, 3.63) is 11.9 Å². The van der Waals surface area contributed by atoms with Crippen molar-refractivity contribution in [3.8, 4) is 0 Å². The highest BCUT2D eigenvalue weighted by atomic mass is 15.3. The lowest BCUT2D eigenvalue weighted by Crippen LogP contribution is -2.50. The summed E-state index contributed by atoms with van der Waals surface area (Å²) in [6.07, 6.45) is 0. The van der Waals surface area contributed by atoms with Crippen molar-refractivity contribution in [2.75, 3.05) is 37.0 Å². The summed E-state index contributed by atoms with van der Waals surface area (Å²) in [7, 11) is 2.16. The van der Waals surface area contributed by atoms with Crippen LogP contribution < -0.4 is 16.2 Å². The second kappa shape index (κ2) is 5.71. The molecule has 1 aromatic heterocycles. The maximum atomic E-state index is 5.50. The Bertz CT molecular complexity index is 433. The maximum absolute atomic E-state index is 5.50. The average Bonchev–Trinajstić information content (AvgIpc) is 2.41. The maximum Gasteiger partial charge on any atom is 0.145 e. The van der Waals surface area contributed by atoms with E-state index in [9.17, 15) is 0 Å². The number of hydrogen-bond donors (Lipinski definition) is 2. The van der Waals surface area contributed by atoms with Crippen molar-refractivity contribution in [1.82, 2.24) is 14.9 Å². The van der Waals surface area contributed by atoms with Crippen LogP contribution in [0.4, 0.5) is 11.6 Å². The van der Waals surface area contributed by atoms with Gasteiger partial charge in [0.25, 0.3) is 0 Å². The third kappa shape index (κ3) is 3.13. The van der Waals surface area contributed by atoms with E-state index in [0.29, 0.717) is 11.9 Å². The van der Waals surface area contributed by atoms with Crippen LogP contribution >= 0.6 is 0 Å². The van der Waals surface area contributed by atoms with E-state index in [2.05, 4.69) is 53.0 Å². The van der Waals surface area contributed by atoms with Gasteiger partial charge in [-0.1, -0.05) is 13.8 Å². The Morgan fingerprint density at radius 2 is 2.11 bits per heavy atom.